The average molecular weight is 665 g/mol. The van der Waals surface area contributed by atoms with Crippen molar-refractivity contribution >= 4 is 43.6 Å². The van der Waals surface area contributed by atoms with Gasteiger partial charge < -0.3 is 0 Å². The van der Waals surface area contributed by atoms with Gasteiger partial charge in [0.1, 0.15) is 11.6 Å². The quantitative estimate of drug-likeness (QED) is 0.188. The largest absolute Gasteiger partial charge is 0.294 e. The highest BCUT2D eigenvalue weighted by atomic mass is 15.1. The van der Waals surface area contributed by atoms with Gasteiger partial charge in [0.15, 0.2) is 5.82 Å². The molecule has 4 heteroatoms. The Kier molecular flexibility index (Phi) is 4.93. The third kappa shape index (κ3) is 3.17. The van der Waals surface area contributed by atoms with Crippen LogP contribution in [0, 0.1) is 23.2 Å². The van der Waals surface area contributed by atoms with E-state index in [0.29, 0.717) is 23.7 Å². The maximum absolute atomic E-state index is 5.49. The third-order valence-electron chi connectivity index (χ3n) is 13.3. The lowest BCUT2D eigenvalue weighted by Crippen LogP contribution is -2.22. The first kappa shape index (κ1) is 27.5. The van der Waals surface area contributed by atoms with Crippen LogP contribution in [-0.2, 0) is 5.41 Å². The van der Waals surface area contributed by atoms with Gasteiger partial charge in [-0.05, 0) is 59.2 Å². The molecule has 0 amide bonds. The Morgan fingerprint density at radius 3 is 1.60 bits per heavy atom. The summed E-state index contributed by atoms with van der Waals surface area (Å²) in [6, 6.07) is 44.0. The maximum atomic E-state index is 5.49. The van der Waals surface area contributed by atoms with E-state index in [1.807, 2.05) is 0 Å². The first-order valence-corrected chi connectivity index (χ1v) is 18.5. The number of benzene rings is 5. The molecule has 52 heavy (non-hydrogen) atoms. The van der Waals surface area contributed by atoms with Crippen LogP contribution in [0.1, 0.15) is 17.0 Å². The van der Waals surface area contributed by atoms with Gasteiger partial charge in [-0.2, -0.15) is 0 Å². The topological polar surface area (TPSA) is 35.6 Å². The minimum absolute atomic E-state index is 0.0865. The van der Waals surface area contributed by atoms with Crippen molar-refractivity contribution in [2.24, 2.45) is 23.2 Å². The second-order valence-corrected chi connectivity index (χ2v) is 15.4. The number of aromatic nitrogens is 4. The molecule has 13 rings (SSSR count). The van der Waals surface area contributed by atoms with E-state index in [4.69, 9.17) is 9.97 Å². The van der Waals surface area contributed by atoms with Crippen molar-refractivity contribution < 1.29 is 0 Å². The summed E-state index contributed by atoms with van der Waals surface area (Å²) in [5, 5.41) is 4.87. The van der Waals surface area contributed by atoms with E-state index in [2.05, 4.69) is 179 Å². The summed E-state index contributed by atoms with van der Waals surface area (Å²) in [5.41, 5.74) is 8.87. The molecule has 2 fully saturated rings. The van der Waals surface area contributed by atoms with Gasteiger partial charge in [0.05, 0.1) is 22.1 Å². The maximum Gasteiger partial charge on any atom is 0.163 e. The van der Waals surface area contributed by atoms with Crippen LogP contribution in [0.15, 0.2) is 170 Å². The first-order valence-electron chi connectivity index (χ1n) is 18.5. The molecule has 2 saturated carbocycles. The smallest absolute Gasteiger partial charge is 0.163 e. The number of hydrogen-bond donors (Lipinski definition) is 0. The van der Waals surface area contributed by atoms with Gasteiger partial charge in [0, 0.05) is 49.9 Å². The normalized spacial score (nSPS) is 27.1. The van der Waals surface area contributed by atoms with Gasteiger partial charge in [-0.15, -0.1) is 0 Å². The molecule has 3 heterocycles. The van der Waals surface area contributed by atoms with E-state index in [0.717, 1.165) is 45.1 Å². The lowest BCUT2D eigenvalue weighted by Gasteiger charge is -2.28. The molecule has 0 bridgehead atoms. The summed E-state index contributed by atoms with van der Waals surface area (Å²) in [4.78, 5) is 11.0. The molecular formula is C48H32N4. The van der Waals surface area contributed by atoms with Crippen LogP contribution in [0.2, 0.25) is 0 Å². The number of hydrogen-bond acceptors (Lipinski definition) is 2. The predicted molar refractivity (Wildman–Crippen MR) is 210 cm³/mol. The van der Waals surface area contributed by atoms with Gasteiger partial charge in [-0.1, -0.05) is 134 Å². The Morgan fingerprint density at radius 2 is 1.02 bits per heavy atom. The highest BCUT2D eigenvalue weighted by Crippen LogP contribution is 2.87. The zero-order chi connectivity index (χ0) is 33.8. The molecule has 5 aromatic carbocycles. The zero-order valence-corrected chi connectivity index (χ0v) is 28.3. The van der Waals surface area contributed by atoms with Crippen molar-refractivity contribution in [2.45, 2.75) is 11.3 Å². The Morgan fingerprint density at radius 1 is 0.500 bits per heavy atom. The summed E-state index contributed by atoms with van der Waals surface area (Å²) in [6.07, 6.45) is 19.1. The van der Waals surface area contributed by atoms with E-state index in [-0.39, 0.29) is 10.8 Å². The number of fused-ring (bicyclic) bond motifs is 10. The average Bonchev–Trinajstić information content (AvgIpc) is 4.01. The molecule has 8 aromatic rings. The molecule has 5 aliphatic carbocycles. The lowest BCUT2D eigenvalue weighted by atomic mass is 9.75. The Balaban J connectivity index is 1.09. The molecule has 4 nitrogen and oxygen atoms in total. The van der Waals surface area contributed by atoms with Gasteiger partial charge >= 0.3 is 0 Å². The van der Waals surface area contributed by atoms with Crippen LogP contribution in [0.5, 0.6) is 0 Å². The van der Waals surface area contributed by atoms with Gasteiger partial charge in [-0.3, -0.25) is 9.13 Å². The number of rotatable bonds is 3. The van der Waals surface area contributed by atoms with E-state index < -0.39 is 0 Å². The molecule has 0 aliphatic heterocycles. The fraction of sp³-hybridized carbons (Fsp3) is 0.125. The van der Waals surface area contributed by atoms with Crippen LogP contribution < -0.4 is 0 Å². The minimum atomic E-state index is 0.0865. The van der Waals surface area contributed by atoms with E-state index >= 15 is 0 Å². The highest BCUT2D eigenvalue weighted by molar-refractivity contribution is 6.10. The van der Waals surface area contributed by atoms with Crippen LogP contribution in [0.3, 0.4) is 0 Å². The fourth-order valence-electron chi connectivity index (χ4n) is 11.3. The Labute approximate surface area is 300 Å². The molecule has 0 saturated heterocycles. The summed E-state index contributed by atoms with van der Waals surface area (Å²) in [7, 11) is 0. The van der Waals surface area contributed by atoms with Crippen molar-refractivity contribution in [3.05, 3.63) is 181 Å². The molecule has 2 spiro atoms. The molecule has 244 valence electrons. The molecule has 3 aromatic heterocycles. The van der Waals surface area contributed by atoms with E-state index in [1.165, 1.54) is 32.7 Å². The number of nitrogens with zero attached hydrogens (tertiary/aromatic N) is 4. The molecule has 6 unspecified atom stereocenters. The second-order valence-electron chi connectivity index (χ2n) is 15.4. The molecule has 5 aliphatic rings. The van der Waals surface area contributed by atoms with Gasteiger partial charge in [-0.25, -0.2) is 9.97 Å². The molecule has 6 atom stereocenters. The van der Waals surface area contributed by atoms with Gasteiger partial charge in [0.2, 0.25) is 0 Å². The Bertz CT molecular complexity index is 2790. The van der Waals surface area contributed by atoms with E-state index in [1.54, 1.807) is 0 Å². The van der Waals surface area contributed by atoms with Crippen molar-refractivity contribution in [3.8, 4) is 23.0 Å². The highest BCUT2D eigenvalue weighted by Gasteiger charge is 2.83. The third-order valence-corrected chi connectivity index (χ3v) is 13.3. The van der Waals surface area contributed by atoms with Gasteiger partial charge in [0.25, 0.3) is 0 Å². The van der Waals surface area contributed by atoms with Crippen LogP contribution in [-0.4, -0.2) is 19.1 Å². The van der Waals surface area contributed by atoms with Crippen LogP contribution in [0.25, 0.3) is 66.6 Å². The van der Waals surface area contributed by atoms with Crippen molar-refractivity contribution in [1.82, 2.24) is 19.1 Å². The summed E-state index contributed by atoms with van der Waals surface area (Å²) >= 11 is 0. The van der Waals surface area contributed by atoms with Crippen LogP contribution >= 0.6 is 0 Å². The second kappa shape index (κ2) is 9.34. The monoisotopic (exact) mass is 664 g/mol. The van der Waals surface area contributed by atoms with Crippen LogP contribution in [0.4, 0.5) is 0 Å². The minimum Gasteiger partial charge on any atom is -0.294 e. The molecule has 0 radical (unpaired) electrons. The fourth-order valence-corrected chi connectivity index (χ4v) is 11.3. The SMILES string of the molecule is C1=CC2C3C2(C=C1)c1ccc(-c2nc(-n4c5ccccc5c5ccccc54)cc(-n4c5ccccc5c5ccccc54)n2)cc1C1C2C=CC=CC213. The Hall–Kier alpha value is -6.26. The van der Waals surface area contributed by atoms with Crippen molar-refractivity contribution in [1.29, 1.82) is 0 Å². The summed E-state index contributed by atoms with van der Waals surface area (Å²) in [5.74, 6) is 4.68. The molecule has 0 N–H and O–H groups in total. The predicted octanol–water partition coefficient (Wildman–Crippen LogP) is 10.8. The molecular weight excluding hydrogens is 633 g/mol. The number of allylic oxidation sites excluding steroid dienone is 8. The van der Waals surface area contributed by atoms with E-state index in [9.17, 15) is 0 Å². The lowest BCUT2D eigenvalue weighted by molar-refractivity contribution is 0.451. The van der Waals surface area contributed by atoms with Crippen molar-refractivity contribution in [2.75, 3.05) is 0 Å². The zero-order valence-electron chi connectivity index (χ0n) is 28.3. The summed E-state index contributed by atoms with van der Waals surface area (Å²) < 4.78 is 4.65. The standard InChI is InChI=1S/C48H32N4/c1-5-19-38-30(13-1)31-14-2-6-20-39(31)51(38)42-28-43(52-40-21-7-3-15-32(40)33-16-4-8-22-41(33)52)50-46(49-42)29-23-24-35-34(27-29)44-36-17-9-12-26-48(36,44)45-37-18-10-11-25-47(35,37)45/h1-28,36-37,44-45H. The van der Waals surface area contributed by atoms with Crippen molar-refractivity contribution in [3.63, 3.8) is 0 Å². The first-order chi connectivity index (χ1) is 25.8. The summed E-state index contributed by atoms with van der Waals surface area (Å²) in [6.45, 7) is 0. The number of para-hydroxylation sites is 4.